The normalized spacial score (nSPS) is 19.6. The lowest BCUT2D eigenvalue weighted by Gasteiger charge is -2.08. The molecule has 0 radical (unpaired) electrons. The standard InChI is InChI=1S/C9H8N2/c1-2-4-8-9(5-3-1)11-7-6-10-8/h1-7,10H. The van der Waals surface area contributed by atoms with Gasteiger partial charge in [0, 0.05) is 12.4 Å². The summed E-state index contributed by atoms with van der Waals surface area (Å²) in [4.78, 5) is 4.19. The van der Waals surface area contributed by atoms with Crippen LogP contribution in [0.5, 0.6) is 0 Å². The summed E-state index contributed by atoms with van der Waals surface area (Å²) in [6, 6.07) is 0. The van der Waals surface area contributed by atoms with E-state index >= 15 is 0 Å². The summed E-state index contributed by atoms with van der Waals surface area (Å²) in [5, 5.41) is 3.11. The van der Waals surface area contributed by atoms with Crippen LogP contribution < -0.4 is 5.32 Å². The third-order valence-electron chi connectivity index (χ3n) is 1.54. The molecule has 11 heavy (non-hydrogen) atoms. The topological polar surface area (TPSA) is 24.4 Å². The molecular weight excluding hydrogens is 136 g/mol. The second kappa shape index (κ2) is 2.58. The first-order valence-electron chi connectivity index (χ1n) is 3.51. The summed E-state index contributed by atoms with van der Waals surface area (Å²) in [5.41, 5.74) is 2.04. The Morgan fingerprint density at radius 3 is 3.18 bits per heavy atom. The third-order valence-corrected chi connectivity index (χ3v) is 1.54. The fourth-order valence-corrected chi connectivity index (χ4v) is 1.02. The molecule has 1 aliphatic heterocycles. The quantitative estimate of drug-likeness (QED) is 0.547. The van der Waals surface area contributed by atoms with Gasteiger partial charge in [0.25, 0.3) is 0 Å². The van der Waals surface area contributed by atoms with Crippen molar-refractivity contribution < 1.29 is 0 Å². The van der Waals surface area contributed by atoms with E-state index in [-0.39, 0.29) is 0 Å². The molecule has 0 aromatic carbocycles. The molecule has 0 aromatic rings. The maximum Gasteiger partial charge on any atom is 0.0864 e. The first-order valence-corrected chi connectivity index (χ1v) is 3.51. The predicted molar refractivity (Wildman–Crippen MR) is 46.1 cm³/mol. The lowest BCUT2D eigenvalue weighted by Crippen LogP contribution is -2.15. The van der Waals surface area contributed by atoms with E-state index in [1.807, 2.05) is 36.6 Å². The van der Waals surface area contributed by atoms with Gasteiger partial charge in [-0.15, -0.1) is 0 Å². The van der Waals surface area contributed by atoms with Crippen LogP contribution in [0.15, 0.2) is 53.5 Å². The smallest absolute Gasteiger partial charge is 0.0864 e. The minimum absolute atomic E-state index is 0.984. The van der Waals surface area contributed by atoms with Crippen LogP contribution >= 0.6 is 0 Å². The summed E-state index contributed by atoms with van der Waals surface area (Å²) in [5.74, 6) is 0. The maximum atomic E-state index is 4.19. The highest BCUT2D eigenvalue weighted by atomic mass is 14.9. The number of fused-ring (bicyclic) bond motifs is 1. The molecule has 2 nitrogen and oxygen atoms in total. The van der Waals surface area contributed by atoms with Gasteiger partial charge in [-0.1, -0.05) is 18.2 Å². The van der Waals surface area contributed by atoms with Gasteiger partial charge in [-0.3, -0.25) is 4.99 Å². The lowest BCUT2D eigenvalue weighted by molar-refractivity contribution is 1.10. The van der Waals surface area contributed by atoms with Crippen LogP contribution in [0.4, 0.5) is 0 Å². The number of rotatable bonds is 0. The highest BCUT2D eigenvalue weighted by Crippen LogP contribution is 2.05. The van der Waals surface area contributed by atoms with Gasteiger partial charge in [-0.2, -0.15) is 0 Å². The number of nitrogens with one attached hydrogen (secondary N) is 1. The fourth-order valence-electron chi connectivity index (χ4n) is 1.02. The van der Waals surface area contributed by atoms with Crippen molar-refractivity contribution in [3.63, 3.8) is 0 Å². The van der Waals surface area contributed by atoms with Crippen molar-refractivity contribution in [2.24, 2.45) is 4.99 Å². The van der Waals surface area contributed by atoms with Crippen molar-refractivity contribution >= 4 is 5.71 Å². The molecule has 1 heterocycles. The van der Waals surface area contributed by atoms with Crippen LogP contribution in [0.1, 0.15) is 0 Å². The van der Waals surface area contributed by atoms with Gasteiger partial charge in [0.1, 0.15) is 0 Å². The first-order chi connectivity index (χ1) is 5.47. The summed E-state index contributed by atoms with van der Waals surface area (Å²) >= 11 is 0. The average Bonchev–Trinajstić information content (AvgIpc) is 2.28. The zero-order valence-electron chi connectivity index (χ0n) is 5.99. The van der Waals surface area contributed by atoms with Gasteiger partial charge in [0.05, 0.1) is 11.4 Å². The molecule has 1 aliphatic carbocycles. The summed E-state index contributed by atoms with van der Waals surface area (Å²) < 4.78 is 0. The summed E-state index contributed by atoms with van der Waals surface area (Å²) in [6.45, 7) is 0. The lowest BCUT2D eigenvalue weighted by atomic mass is 10.2. The van der Waals surface area contributed by atoms with Crippen molar-refractivity contribution in [1.29, 1.82) is 0 Å². The molecule has 0 fully saturated rings. The number of nitrogens with zero attached hydrogens (tertiary/aromatic N) is 1. The molecule has 2 rings (SSSR count). The van der Waals surface area contributed by atoms with Crippen LogP contribution in [0.25, 0.3) is 0 Å². The molecule has 2 aliphatic rings. The molecule has 0 saturated carbocycles. The second-order valence-corrected chi connectivity index (χ2v) is 2.30. The Morgan fingerprint density at radius 1 is 1.18 bits per heavy atom. The van der Waals surface area contributed by atoms with E-state index in [2.05, 4.69) is 10.3 Å². The van der Waals surface area contributed by atoms with Crippen LogP contribution in [-0.4, -0.2) is 5.71 Å². The Morgan fingerprint density at radius 2 is 2.18 bits per heavy atom. The van der Waals surface area contributed by atoms with E-state index in [9.17, 15) is 0 Å². The van der Waals surface area contributed by atoms with E-state index in [1.54, 1.807) is 6.20 Å². The number of aliphatic imine (C=N–C) groups is 1. The molecule has 0 saturated heterocycles. The Bertz CT molecular complexity index is 304. The SMILES string of the molecule is C1=CC=C2NC=CN=C2C=C1. The molecule has 0 atom stereocenters. The number of allylic oxidation sites excluding steroid dienone is 5. The monoisotopic (exact) mass is 144 g/mol. The average molecular weight is 144 g/mol. The number of hydrogen-bond donors (Lipinski definition) is 1. The van der Waals surface area contributed by atoms with Crippen molar-refractivity contribution in [3.05, 3.63) is 48.5 Å². The Hall–Kier alpha value is -1.57. The van der Waals surface area contributed by atoms with Crippen LogP contribution in [0.2, 0.25) is 0 Å². The zero-order chi connectivity index (χ0) is 7.52. The molecule has 0 spiro atoms. The summed E-state index contributed by atoms with van der Waals surface area (Å²) in [7, 11) is 0. The van der Waals surface area contributed by atoms with Gasteiger partial charge >= 0.3 is 0 Å². The summed E-state index contributed by atoms with van der Waals surface area (Å²) in [6.07, 6.45) is 13.5. The largest absolute Gasteiger partial charge is 0.358 e. The van der Waals surface area contributed by atoms with E-state index in [1.165, 1.54) is 0 Å². The van der Waals surface area contributed by atoms with Crippen LogP contribution in [0.3, 0.4) is 0 Å². The minimum Gasteiger partial charge on any atom is -0.358 e. The molecular formula is C9H8N2. The molecule has 2 heteroatoms. The third kappa shape index (κ3) is 1.15. The van der Waals surface area contributed by atoms with Crippen molar-refractivity contribution in [1.82, 2.24) is 5.32 Å². The minimum atomic E-state index is 0.984. The van der Waals surface area contributed by atoms with Crippen LogP contribution in [-0.2, 0) is 0 Å². The molecule has 54 valence electrons. The van der Waals surface area contributed by atoms with Gasteiger partial charge in [-0.05, 0) is 12.2 Å². The zero-order valence-corrected chi connectivity index (χ0v) is 5.99. The first kappa shape index (κ1) is 6.16. The van der Waals surface area contributed by atoms with E-state index in [0.717, 1.165) is 11.4 Å². The van der Waals surface area contributed by atoms with E-state index < -0.39 is 0 Å². The van der Waals surface area contributed by atoms with Crippen LogP contribution in [0, 0.1) is 0 Å². The highest BCUT2D eigenvalue weighted by Gasteiger charge is 2.03. The predicted octanol–water partition coefficient (Wildman–Crippen LogP) is 1.51. The van der Waals surface area contributed by atoms with Crippen molar-refractivity contribution in [2.75, 3.05) is 0 Å². The van der Waals surface area contributed by atoms with Gasteiger partial charge < -0.3 is 5.32 Å². The molecule has 0 unspecified atom stereocenters. The van der Waals surface area contributed by atoms with Crippen molar-refractivity contribution in [3.8, 4) is 0 Å². The Kier molecular flexibility index (Phi) is 1.44. The maximum absolute atomic E-state index is 4.19. The molecule has 0 aromatic heterocycles. The molecule has 1 N–H and O–H groups in total. The second-order valence-electron chi connectivity index (χ2n) is 2.30. The molecule has 0 amide bonds. The van der Waals surface area contributed by atoms with Gasteiger partial charge in [0.2, 0.25) is 0 Å². The van der Waals surface area contributed by atoms with Gasteiger partial charge in [-0.25, -0.2) is 0 Å². The highest BCUT2D eigenvalue weighted by molar-refractivity contribution is 6.09. The Labute approximate surface area is 65.3 Å². The molecule has 0 bridgehead atoms. The van der Waals surface area contributed by atoms with Gasteiger partial charge in [0.15, 0.2) is 0 Å². The number of hydrogen-bond acceptors (Lipinski definition) is 2. The fraction of sp³-hybridized carbons (Fsp3) is 0. The van der Waals surface area contributed by atoms with E-state index in [0.29, 0.717) is 0 Å². The van der Waals surface area contributed by atoms with E-state index in [4.69, 9.17) is 0 Å². The van der Waals surface area contributed by atoms with Crippen molar-refractivity contribution in [2.45, 2.75) is 0 Å². The Balaban J connectivity index is 2.44.